The molecule has 1 saturated heterocycles. The smallest absolute Gasteiger partial charge is 0.246 e. The minimum atomic E-state index is -1.12. The summed E-state index contributed by atoms with van der Waals surface area (Å²) in [6.07, 6.45) is 7.92. The molecule has 1 unspecified atom stereocenters. The Morgan fingerprint density at radius 2 is 1.92 bits per heavy atom. The second-order valence-electron chi connectivity index (χ2n) is 12.2. The number of anilines is 1. The Morgan fingerprint density at radius 3 is 2.64 bits per heavy atom. The van der Waals surface area contributed by atoms with Crippen LogP contribution in [0.1, 0.15) is 40.3 Å². The summed E-state index contributed by atoms with van der Waals surface area (Å²) in [7, 11) is -1.12. The average molecular weight is 547 g/mol. The largest absolute Gasteiger partial charge is 0.361 e. The number of imidazole rings is 1. The third-order valence-electron chi connectivity index (χ3n) is 8.38. The van der Waals surface area contributed by atoms with Crippen molar-refractivity contribution >= 4 is 30.8 Å². The minimum Gasteiger partial charge on any atom is -0.361 e. The van der Waals surface area contributed by atoms with E-state index in [1.165, 1.54) is 28.3 Å². The number of hydrogen-bond donors (Lipinski definition) is 0. The van der Waals surface area contributed by atoms with Gasteiger partial charge in [-0.15, -0.1) is 0 Å². The summed E-state index contributed by atoms with van der Waals surface area (Å²) in [5.74, 6) is 1.40. The summed E-state index contributed by atoms with van der Waals surface area (Å²) < 4.78 is 8.23. The van der Waals surface area contributed by atoms with Crippen LogP contribution >= 0.6 is 0 Å². The zero-order valence-electron chi connectivity index (χ0n) is 24.2. The van der Waals surface area contributed by atoms with Gasteiger partial charge in [0.15, 0.2) is 0 Å². The number of nitrogens with zero attached hydrogens (tertiary/aromatic N) is 6. The fourth-order valence-electron chi connectivity index (χ4n) is 5.91. The molecule has 0 bridgehead atoms. The number of carbonyl (C=O) groups excluding carboxylic acids is 1. The highest BCUT2D eigenvalue weighted by Crippen LogP contribution is 2.40. The highest BCUT2D eigenvalue weighted by molar-refractivity contribution is 6.76. The summed E-state index contributed by atoms with van der Waals surface area (Å²) in [5, 5.41) is 0. The monoisotopic (exact) mass is 546 g/mol. The Hall–Kier alpha value is -3.04. The first-order valence-corrected chi connectivity index (χ1v) is 17.9. The zero-order chi connectivity index (χ0) is 27.7. The summed E-state index contributed by atoms with van der Waals surface area (Å²) >= 11 is 0. The number of carbonyl (C=O) groups is 1. The Kier molecular flexibility index (Phi) is 7.91. The minimum absolute atomic E-state index is 0.00243. The topological polar surface area (TPSA) is 76.4 Å². The second-order valence-corrected chi connectivity index (χ2v) is 17.9. The molecule has 208 valence electrons. The van der Waals surface area contributed by atoms with E-state index < -0.39 is 8.07 Å². The maximum atomic E-state index is 12.0. The first kappa shape index (κ1) is 27.5. The third-order valence-corrected chi connectivity index (χ3v) is 10.1. The molecule has 5 rings (SSSR count). The number of amides is 1. The van der Waals surface area contributed by atoms with Crippen molar-refractivity contribution in [1.82, 2.24) is 24.4 Å². The Balaban J connectivity index is 1.36. The molecule has 2 aromatic heterocycles. The van der Waals surface area contributed by atoms with E-state index >= 15 is 0 Å². The Labute approximate surface area is 233 Å². The predicted octanol–water partition coefficient (Wildman–Crippen LogP) is 4.86. The van der Waals surface area contributed by atoms with Gasteiger partial charge in [-0.25, -0.2) is 15.0 Å². The standard InChI is InChI=1S/C30H42N6O2Si/c1-7-27(37)34-10-12-35(13-11-34)30-24-9-8-23(17-25(24)31-18-32-30)28-22(3)21(2)16-26-29(28)33-19-36(26)20-38-14-15-39(4,5)6/h7,16,18-19,23H,1,8-15,17,20H2,2-6H3. The van der Waals surface area contributed by atoms with Crippen molar-refractivity contribution in [3.8, 4) is 0 Å². The Bertz CT molecular complexity index is 1370. The van der Waals surface area contributed by atoms with Crippen molar-refractivity contribution in [2.75, 3.05) is 37.7 Å². The van der Waals surface area contributed by atoms with E-state index in [0.29, 0.717) is 25.7 Å². The summed E-state index contributed by atoms with van der Waals surface area (Å²) in [6.45, 7) is 19.5. The van der Waals surface area contributed by atoms with Crippen molar-refractivity contribution < 1.29 is 9.53 Å². The van der Waals surface area contributed by atoms with Crippen molar-refractivity contribution in [3.05, 3.63) is 59.3 Å². The fourth-order valence-corrected chi connectivity index (χ4v) is 6.67. The number of rotatable bonds is 8. The molecule has 3 aromatic rings. The van der Waals surface area contributed by atoms with Crippen LogP contribution in [0.2, 0.25) is 25.7 Å². The average Bonchev–Trinajstić information content (AvgIpc) is 3.32. The predicted molar refractivity (Wildman–Crippen MR) is 159 cm³/mol. The van der Waals surface area contributed by atoms with Gasteiger partial charge in [-0.1, -0.05) is 26.2 Å². The van der Waals surface area contributed by atoms with E-state index in [2.05, 4.69) is 55.6 Å². The van der Waals surface area contributed by atoms with Gasteiger partial charge >= 0.3 is 0 Å². The van der Waals surface area contributed by atoms with E-state index in [9.17, 15) is 4.79 Å². The number of fused-ring (bicyclic) bond motifs is 2. The van der Waals surface area contributed by atoms with E-state index in [1.54, 1.807) is 6.33 Å². The Morgan fingerprint density at radius 1 is 1.15 bits per heavy atom. The molecule has 8 nitrogen and oxygen atoms in total. The number of benzene rings is 1. The number of ether oxygens (including phenoxy) is 1. The summed E-state index contributed by atoms with van der Waals surface area (Å²) in [6, 6.07) is 3.42. The molecule has 0 N–H and O–H groups in total. The molecule has 1 amide bonds. The molecule has 1 atom stereocenters. The SMILES string of the molecule is C=CC(=O)N1CCN(c2ncnc3c2CCC(c2c(C)c(C)cc4c2ncn4COCC[Si](C)(C)C)C3)CC1. The lowest BCUT2D eigenvalue weighted by atomic mass is 9.79. The molecule has 1 fully saturated rings. The maximum absolute atomic E-state index is 12.0. The van der Waals surface area contributed by atoms with Crippen LogP contribution < -0.4 is 4.90 Å². The maximum Gasteiger partial charge on any atom is 0.246 e. The van der Waals surface area contributed by atoms with Gasteiger partial charge in [0.1, 0.15) is 18.9 Å². The van der Waals surface area contributed by atoms with Crippen molar-refractivity contribution in [3.63, 3.8) is 0 Å². The van der Waals surface area contributed by atoms with Crippen LogP contribution in [0.4, 0.5) is 5.82 Å². The van der Waals surface area contributed by atoms with Crippen LogP contribution in [0.5, 0.6) is 0 Å². The first-order valence-electron chi connectivity index (χ1n) is 14.2. The van der Waals surface area contributed by atoms with Crippen LogP contribution in [0.25, 0.3) is 11.0 Å². The van der Waals surface area contributed by atoms with Crippen LogP contribution in [0, 0.1) is 13.8 Å². The number of hydrogen-bond acceptors (Lipinski definition) is 6. The van der Waals surface area contributed by atoms with Gasteiger partial charge in [0, 0.05) is 52.1 Å². The van der Waals surface area contributed by atoms with Crippen LogP contribution in [-0.2, 0) is 29.1 Å². The first-order chi connectivity index (χ1) is 18.7. The molecule has 0 saturated carbocycles. The van der Waals surface area contributed by atoms with Crippen LogP contribution in [0.3, 0.4) is 0 Å². The van der Waals surface area contributed by atoms with Gasteiger partial charge in [-0.05, 0) is 73.9 Å². The van der Waals surface area contributed by atoms with Crippen molar-refractivity contribution in [1.29, 1.82) is 0 Å². The van der Waals surface area contributed by atoms with Gasteiger partial charge in [-0.2, -0.15) is 0 Å². The second kappa shape index (κ2) is 11.2. The quantitative estimate of drug-likeness (QED) is 0.228. The molecular formula is C30H42N6O2Si. The molecule has 1 aromatic carbocycles. The summed E-state index contributed by atoms with van der Waals surface area (Å²) in [5.41, 5.74) is 8.64. The normalized spacial score (nSPS) is 17.9. The van der Waals surface area contributed by atoms with E-state index in [4.69, 9.17) is 19.7 Å². The molecule has 1 aliphatic carbocycles. The molecule has 0 spiro atoms. The van der Waals surface area contributed by atoms with Gasteiger partial charge < -0.3 is 19.1 Å². The number of piperazine rings is 1. The van der Waals surface area contributed by atoms with E-state index in [0.717, 1.165) is 67.5 Å². The lowest BCUT2D eigenvalue weighted by molar-refractivity contribution is -0.126. The molecule has 3 heterocycles. The molecular weight excluding hydrogens is 504 g/mol. The lowest BCUT2D eigenvalue weighted by Gasteiger charge is -2.37. The number of aryl methyl sites for hydroxylation is 1. The van der Waals surface area contributed by atoms with Crippen molar-refractivity contribution in [2.45, 2.75) is 71.4 Å². The zero-order valence-corrected chi connectivity index (χ0v) is 25.2. The molecule has 1 aliphatic heterocycles. The van der Waals surface area contributed by atoms with E-state index in [1.807, 2.05) is 11.2 Å². The molecule has 2 aliphatic rings. The molecule has 9 heteroatoms. The van der Waals surface area contributed by atoms with Gasteiger partial charge in [0.2, 0.25) is 5.91 Å². The third kappa shape index (κ3) is 5.79. The molecule has 39 heavy (non-hydrogen) atoms. The van der Waals surface area contributed by atoms with Gasteiger partial charge in [-0.3, -0.25) is 4.79 Å². The lowest BCUT2D eigenvalue weighted by Crippen LogP contribution is -2.49. The fraction of sp³-hybridized carbons (Fsp3) is 0.533. The van der Waals surface area contributed by atoms with E-state index in [-0.39, 0.29) is 5.91 Å². The summed E-state index contributed by atoms with van der Waals surface area (Å²) in [4.78, 5) is 30.6. The van der Waals surface area contributed by atoms with Gasteiger partial charge in [0.05, 0.1) is 17.4 Å². The number of aromatic nitrogens is 4. The highest BCUT2D eigenvalue weighted by Gasteiger charge is 2.30. The van der Waals surface area contributed by atoms with Gasteiger partial charge in [0.25, 0.3) is 0 Å². The van der Waals surface area contributed by atoms with Crippen molar-refractivity contribution in [2.24, 2.45) is 0 Å². The van der Waals surface area contributed by atoms with Crippen LogP contribution in [-0.4, -0.2) is 71.2 Å². The highest BCUT2D eigenvalue weighted by atomic mass is 28.3. The molecule has 0 radical (unpaired) electrons. The van der Waals surface area contributed by atoms with Crippen LogP contribution in [0.15, 0.2) is 31.4 Å².